The summed E-state index contributed by atoms with van der Waals surface area (Å²) in [5, 5.41) is 0. The number of methoxy groups -OCH3 is 1. The standard InChI is InChI=1S/C17H20N2O4S/c1-16-10-12(13(20)23-3)17(24-4,18(2)14(16)21)19(15(16)22)11-8-6-5-7-9-11/h5-9,12H,10H2,1-4H3/t12-,16-,17-/m1/s1. The van der Waals surface area contributed by atoms with Crippen molar-refractivity contribution in [2.45, 2.75) is 18.3 Å². The van der Waals surface area contributed by atoms with Crippen molar-refractivity contribution in [3.8, 4) is 0 Å². The first kappa shape index (κ1) is 16.8. The van der Waals surface area contributed by atoms with Crippen LogP contribution in [-0.2, 0) is 19.1 Å². The van der Waals surface area contributed by atoms with E-state index in [-0.39, 0.29) is 18.2 Å². The molecular formula is C17H20N2O4S. The summed E-state index contributed by atoms with van der Waals surface area (Å²) < 4.78 is 4.99. The molecule has 4 rings (SSSR count). The molecule has 3 atom stereocenters. The second-order valence-electron chi connectivity index (χ2n) is 6.32. The average molecular weight is 348 g/mol. The number of amides is 2. The summed E-state index contributed by atoms with van der Waals surface area (Å²) >= 11 is 1.31. The summed E-state index contributed by atoms with van der Waals surface area (Å²) in [7, 11) is 2.98. The Hall–Kier alpha value is -2.02. The van der Waals surface area contributed by atoms with E-state index >= 15 is 0 Å². The van der Waals surface area contributed by atoms with Crippen molar-refractivity contribution in [2.75, 3.05) is 25.3 Å². The number of carbonyl (C=O) groups is 3. The quantitative estimate of drug-likeness (QED) is 0.614. The monoisotopic (exact) mass is 348 g/mol. The van der Waals surface area contributed by atoms with E-state index in [0.717, 1.165) is 0 Å². The molecule has 1 aromatic rings. The van der Waals surface area contributed by atoms with Crippen LogP contribution in [0.4, 0.5) is 5.69 Å². The topological polar surface area (TPSA) is 66.9 Å². The summed E-state index contributed by atoms with van der Waals surface area (Å²) in [6, 6.07) is 9.14. The maximum absolute atomic E-state index is 13.2. The number of hydrogen-bond acceptors (Lipinski definition) is 5. The fourth-order valence-electron chi connectivity index (χ4n) is 3.88. The van der Waals surface area contributed by atoms with Crippen molar-refractivity contribution >= 4 is 35.2 Å². The molecule has 0 saturated carbocycles. The largest absolute Gasteiger partial charge is 0.469 e. The molecule has 3 aliphatic rings. The molecule has 0 N–H and O–H groups in total. The predicted molar refractivity (Wildman–Crippen MR) is 91.2 cm³/mol. The summed E-state index contributed by atoms with van der Waals surface area (Å²) in [5.74, 6) is -1.56. The molecule has 24 heavy (non-hydrogen) atoms. The first-order valence-corrected chi connectivity index (χ1v) is 8.88. The van der Waals surface area contributed by atoms with E-state index in [9.17, 15) is 14.4 Å². The van der Waals surface area contributed by atoms with E-state index in [1.807, 2.05) is 30.3 Å². The number of fused-ring (bicyclic) bond motifs is 3. The van der Waals surface area contributed by atoms with Gasteiger partial charge < -0.3 is 9.64 Å². The molecule has 0 spiro atoms. The number of ether oxygens (including phenoxy) is 1. The molecule has 0 unspecified atom stereocenters. The van der Waals surface area contributed by atoms with Crippen LogP contribution in [-0.4, -0.2) is 48.1 Å². The van der Waals surface area contributed by atoms with Gasteiger partial charge >= 0.3 is 5.97 Å². The molecule has 3 fully saturated rings. The second kappa shape index (κ2) is 5.51. The number of para-hydroxylation sites is 1. The summed E-state index contributed by atoms with van der Waals surface area (Å²) in [5.41, 5.74) is -0.600. The molecule has 3 saturated heterocycles. The molecule has 3 aliphatic heterocycles. The highest BCUT2D eigenvalue weighted by Gasteiger charge is 2.71. The van der Waals surface area contributed by atoms with Gasteiger partial charge in [-0.05, 0) is 31.7 Å². The van der Waals surface area contributed by atoms with E-state index in [1.165, 1.54) is 23.8 Å². The number of rotatable bonds is 3. The van der Waals surface area contributed by atoms with Gasteiger partial charge in [0.2, 0.25) is 11.8 Å². The normalized spacial score (nSPS) is 32.2. The minimum Gasteiger partial charge on any atom is -0.469 e. The van der Waals surface area contributed by atoms with Crippen LogP contribution in [0.3, 0.4) is 0 Å². The molecule has 0 radical (unpaired) electrons. The van der Waals surface area contributed by atoms with E-state index in [2.05, 4.69) is 0 Å². The minimum absolute atomic E-state index is 0.159. The highest BCUT2D eigenvalue weighted by atomic mass is 32.2. The molecule has 0 aliphatic carbocycles. The van der Waals surface area contributed by atoms with Crippen LogP contribution >= 0.6 is 11.8 Å². The Bertz CT molecular complexity index is 710. The Morgan fingerprint density at radius 3 is 2.42 bits per heavy atom. The fourth-order valence-corrected chi connectivity index (χ4v) is 5.08. The first-order valence-electron chi connectivity index (χ1n) is 7.65. The van der Waals surface area contributed by atoms with Crippen LogP contribution in [0.25, 0.3) is 0 Å². The average Bonchev–Trinajstić information content (AvgIpc) is 2.61. The predicted octanol–water partition coefficient (Wildman–Crippen LogP) is 1.71. The van der Waals surface area contributed by atoms with Crippen LogP contribution in [0.15, 0.2) is 30.3 Å². The third kappa shape index (κ3) is 1.87. The molecule has 3 heterocycles. The van der Waals surface area contributed by atoms with E-state index in [0.29, 0.717) is 5.69 Å². The number of nitrogens with zero attached hydrogens (tertiary/aromatic N) is 2. The van der Waals surface area contributed by atoms with Gasteiger partial charge in [0.25, 0.3) is 0 Å². The molecule has 7 heteroatoms. The number of hydrogen-bond donors (Lipinski definition) is 0. The van der Waals surface area contributed by atoms with Gasteiger partial charge in [0.15, 0.2) is 4.99 Å². The van der Waals surface area contributed by atoms with Gasteiger partial charge in [-0.25, -0.2) is 0 Å². The van der Waals surface area contributed by atoms with Gasteiger partial charge in [-0.15, -0.1) is 11.8 Å². The SMILES string of the molecule is COC(=O)[C@H]1C[C@]2(C)C(=O)N(C)[C@@]1(SC)N(c1ccccc1)C2=O. The van der Waals surface area contributed by atoms with E-state index in [4.69, 9.17) is 4.74 Å². The summed E-state index contributed by atoms with van der Waals surface area (Å²) in [6.45, 7) is 1.61. The summed E-state index contributed by atoms with van der Waals surface area (Å²) in [6.07, 6.45) is 1.96. The number of anilines is 1. The first-order chi connectivity index (χ1) is 11.3. The van der Waals surface area contributed by atoms with E-state index < -0.39 is 22.3 Å². The Kier molecular flexibility index (Phi) is 3.86. The fraction of sp³-hybridized carbons (Fsp3) is 0.471. The Balaban J connectivity index is 2.27. The molecule has 1 aromatic carbocycles. The van der Waals surface area contributed by atoms with Crippen LogP contribution in [0, 0.1) is 11.3 Å². The van der Waals surface area contributed by atoms with Crippen LogP contribution < -0.4 is 4.90 Å². The lowest BCUT2D eigenvalue weighted by Gasteiger charge is -2.62. The van der Waals surface area contributed by atoms with Crippen LogP contribution in [0.2, 0.25) is 0 Å². The van der Waals surface area contributed by atoms with Gasteiger partial charge in [-0.3, -0.25) is 19.3 Å². The maximum Gasteiger partial charge on any atom is 0.314 e. The molecule has 0 aromatic heterocycles. The lowest BCUT2D eigenvalue weighted by Crippen LogP contribution is -2.80. The minimum atomic E-state index is -1.26. The lowest BCUT2D eigenvalue weighted by atomic mass is 9.69. The van der Waals surface area contributed by atoms with Gasteiger partial charge in [-0.2, -0.15) is 0 Å². The van der Waals surface area contributed by atoms with E-state index in [1.54, 1.807) is 25.1 Å². The molecule has 6 nitrogen and oxygen atoms in total. The Morgan fingerprint density at radius 2 is 1.88 bits per heavy atom. The van der Waals surface area contributed by atoms with Crippen LogP contribution in [0.5, 0.6) is 0 Å². The number of thioether (sulfide) groups is 1. The van der Waals surface area contributed by atoms with Crippen molar-refractivity contribution in [3.63, 3.8) is 0 Å². The van der Waals surface area contributed by atoms with Crippen molar-refractivity contribution in [1.29, 1.82) is 0 Å². The van der Waals surface area contributed by atoms with Gasteiger partial charge in [0.05, 0.1) is 7.11 Å². The van der Waals surface area contributed by atoms with Gasteiger partial charge in [0.1, 0.15) is 11.3 Å². The number of esters is 1. The second-order valence-corrected chi connectivity index (χ2v) is 7.32. The van der Waals surface area contributed by atoms with Crippen LogP contribution in [0.1, 0.15) is 13.3 Å². The third-order valence-corrected chi connectivity index (χ3v) is 6.46. The zero-order valence-electron chi connectivity index (χ0n) is 14.1. The molecule has 128 valence electrons. The lowest BCUT2D eigenvalue weighted by molar-refractivity contribution is -0.175. The molecular weight excluding hydrogens is 328 g/mol. The van der Waals surface area contributed by atoms with Crippen molar-refractivity contribution in [3.05, 3.63) is 30.3 Å². The zero-order valence-corrected chi connectivity index (χ0v) is 14.9. The highest BCUT2D eigenvalue weighted by molar-refractivity contribution is 8.00. The van der Waals surface area contributed by atoms with Gasteiger partial charge in [0, 0.05) is 12.7 Å². The highest BCUT2D eigenvalue weighted by Crippen LogP contribution is 2.57. The van der Waals surface area contributed by atoms with Gasteiger partial charge in [-0.1, -0.05) is 18.2 Å². The zero-order chi connectivity index (χ0) is 17.7. The summed E-state index contributed by atoms with van der Waals surface area (Å²) in [4.78, 5) is 40.5. The van der Waals surface area contributed by atoms with Crippen molar-refractivity contribution in [2.24, 2.45) is 11.3 Å². The maximum atomic E-state index is 13.2. The smallest absolute Gasteiger partial charge is 0.314 e. The van der Waals surface area contributed by atoms with Crippen molar-refractivity contribution < 1.29 is 19.1 Å². The Labute approximate surface area is 145 Å². The molecule has 2 amide bonds. The number of piperidine rings is 2. The molecule has 2 bridgehead atoms. The number of benzene rings is 1. The third-order valence-electron chi connectivity index (χ3n) is 5.12. The van der Waals surface area contributed by atoms with Crippen molar-refractivity contribution in [1.82, 2.24) is 4.90 Å². The Morgan fingerprint density at radius 1 is 1.25 bits per heavy atom. The number of carbonyl (C=O) groups excluding carboxylic acids is 3.